The first-order chi connectivity index (χ1) is 7.91. The number of carboxylic acid groups (broad SMARTS) is 1. The highest BCUT2D eigenvalue weighted by Gasteiger charge is 2.22. The number of carboxylic acids is 1. The van der Waals surface area contributed by atoms with Crippen LogP contribution in [0.25, 0.3) is 0 Å². The van der Waals surface area contributed by atoms with Crippen LogP contribution in [-0.2, 0) is 6.54 Å². The van der Waals surface area contributed by atoms with Gasteiger partial charge in [-0.05, 0) is 19.9 Å². The van der Waals surface area contributed by atoms with Crippen molar-refractivity contribution in [3.05, 3.63) is 23.2 Å². The number of aromatic carboxylic acids is 1. The van der Waals surface area contributed by atoms with Crippen LogP contribution >= 0.6 is 0 Å². The summed E-state index contributed by atoms with van der Waals surface area (Å²) in [5, 5.41) is 29.8. The number of hydrogen-bond donors (Lipinski definition) is 4. The number of carbonyl (C=O) groups is 1. The highest BCUT2D eigenvalue weighted by atomic mass is 16.4. The van der Waals surface area contributed by atoms with E-state index in [0.29, 0.717) is 11.3 Å². The van der Waals surface area contributed by atoms with Crippen molar-refractivity contribution in [1.82, 2.24) is 5.32 Å². The van der Waals surface area contributed by atoms with Gasteiger partial charge < -0.3 is 25.1 Å². The second-order valence-electron chi connectivity index (χ2n) is 4.26. The summed E-state index contributed by atoms with van der Waals surface area (Å²) in [5.41, 5.74) is -0.270. The zero-order valence-corrected chi connectivity index (χ0v) is 9.86. The molecule has 0 amide bonds. The number of aryl methyl sites for hydroxylation is 1. The van der Waals surface area contributed by atoms with Crippen LogP contribution in [0.4, 0.5) is 0 Å². The fourth-order valence-corrected chi connectivity index (χ4v) is 1.31. The van der Waals surface area contributed by atoms with E-state index in [1.807, 2.05) is 0 Å². The van der Waals surface area contributed by atoms with Crippen molar-refractivity contribution in [3.8, 4) is 0 Å². The van der Waals surface area contributed by atoms with Crippen molar-refractivity contribution in [2.24, 2.45) is 0 Å². The number of aliphatic hydroxyl groups excluding tert-OH is 2. The fraction of sp³-hybridized carbons (Fsp3) is 0.545. The molecular weight excluding hydrogens is 226 g/mol. The first-order valence-electron chi connectivity index (χ1n) is 5.21. The van der Waals surface area contributed by atoms with Crippen molar-refractivity contribution in [2.75, 3.05) is 13.2 Å². The largest absolute Gasteiger partial charge is 0.475 e. The van der Waals surface area contributed by atoms with Crippen molar-refractivity contribution in [2.45, 2.75) is 25.9 Å². The Morgan fingerprint density at radius 2 is 2.06 bits per heavy atom. The van der Waals surface area contributed by atoms with E-state index in [0.717, 1.165) is 0 Å². The van der Waals surface area contributed by atoms with Gasteiger partial charge in [0.2, 0.25) is 5.76 Å². The molecule has 0 unspecified atom stereocenters. The van der Waals surface area contributed by atoms with Gasteiger partial charge in [0, 0.05) is 5.56 Å². The summed E-state index contributed by atoms with van der Waals surface area (Å²) in [5.74, 6) is -0.745. The first kappa shape index (κ1) is 13.7. The van der Waals surface area contributed by atoms with Crippen molar-refractivity contribution in [1.29, 1.82) is 0 Å². The Morgan fingerprint density at radius 1 is 1.47 bits per heavy atom. The summed E-state index contributed by atoms with van der Waals surface area (Å²) in [6, 6.07) is 1.62. The highest BCUT2D eigenvalue weighted by molar-refractivity contribution is 5.86. The van der Waals surface area contributed by atoms with E-state index < -0.39 is 11.5 Å². The lowest BCUT2D eigenvalue weighted by Gasteiger charge is -2.25. The van der Waals surface area contributed by atoms with Gasteiger partial charge in [0.05, 0.1) is 25.3 Å². The van der Waals surface area contributed by atoms with Crippen LogP contribution in [0, 0.1) is 6.92 Å². The molecule has 1 aromatic rings. The highest BCUT2D eigenvalue weighted by Crippen LogP contribution is 2.15. The number of hydrogen-bond acceptors (Lipinski definition) is 5. The second kappa shape index (κ2) is 5.31. The lowest BCUT2D eigenvalue weighted by Crippen LogP contribution is -2.48. The second-order valence-corrected chi connectivity index (χ2v) is 4.26. The van der Waals surface area contributed by atoms with Gasteiger partial charge in [0.25, 0.3) is 0 Å². The molecule has 0 saturated carbocycles. The average Bonchev–Trinajstić information content (AvgIpc) is 2.68. The normalized spacial score (nSPS) is 11.8. The van der Waals surface area contributed by atoms with E-state index in [9.17, 15) is 4.79 Å². The summed E-state index contributed by atoms with van der Waals surface area (Å²) < 4.78 is 5.13. The maximum absolute atomic E-state index is 10.8. The van der Waals surface area contributed by atoms with Gasteiger partial charge in [-0.15, -0.1) is 0 Å². The molecule has 0 saturated heterocycles. The van der Waals surface area contributed by atoms with E-state index in [2.05, 4.69) is 5.32 Å². The van der Waals surface area contributed by atoms with Gasteiger partial charge in [-0.3, -0.25) is 0 Å². The Hall–Kier alpha value is -1.37. The molecule has 17 heavy (non-hydrogen) atoms. The molecule has 0 fully saturated rings. The van der Waals surface area contributed by atoms with Gasteiger partial charge >= 0.3 is 5.97 Å². The van der Waals surface area contributed by atoms with E-state index in [4.69, 9.17) is 19.7 Å². The molecule has 0 spiro atoms. The molecule has 0 aliphatic carbocycles. The molecule has 0 atom stereocenters. The summed E-state index contributed by atoms with van der Waals surface area (Å²) in [4.78, 5) is 10.8. The standard InChI is InChI=1S/C11H17NO5/c1-7-3-8(17-9(7)10(15)16)4-12-11(2,5-13)6-14/h3,12-14H,4-6H2,1-2H3,(H,15,16). The van der Waals surface area contributed by atoms with Gasteiger partial charge in [0.1, 0.15) is 5.76 Å². The van der Waals surface area contributed by atoms with Gasteiger partial charge in [-0.1, -0.05) is 0 Å². The Kier molecular flexibility index (Phi) is 4.28. The molecule has 0 radical (unpaired) electrons. The first-order valence-corrected chi connectivity index (χ1v) is 5.21. The van der Waals surface area contributed by atoms with Crippen LogP contribution in [0.3, 0.4) is 0 Å². The molecular formula is C11H17NO5. The van der Waals surface area contributed by atoms with Crippen molar-refractivity contribution >= 4 is 5.97 Å². The van der Waals surface area contributed by atoms with Crippen LogP contribution in [0.1, 0.15) is 28.8 Å². The summed E-state index contributed by atoms with van der Waals surface area (Å²) in [7, 11) is 0. The van der Waals surface area contributed by atoms with Crippen LogP contribution < -0.4 is 5.32 Å². The van der Waals surface area contributed by atoms with Crippen LogP contribution in [-0.4, -0.2) is 40.0 Å². The number of rotatable bonds is 6. The number of aliphatic hydroxyl groups is 2. The minimum atomic E-state index is -1.11. The Bertz CT molecular complexity index is 395. The molecule has 0 aromatic carbocycles. The maximum atomic E-state index is 10.8. The minimum Gasteiger partial charge on any atom is -0.475 e. The molecule has 1 rings (SSSR count). The summed E-state index contributed by atoms with van der Waals surface area (Å²) in [6.07, 6.45) is 0. The molecule has 0 aliphatic rings. The zero-order chi connectivity index (χ0) is 13.1. The molecule has 96 valence electrons. The average molecular weight is 243 g/mol. The third kappa shape index (κ3) is 3.29. The Labute approximate surface area is 98.9 Å². The van der Waals surface area contributed by atoms with Crippen molar-refractivity contribution in [3.63, 3.8) is 0 Å². The van der Waals surface area contributed by atoms with Crippen LogP contribution in [0.15, 0.2) is 10.5 Å². The smallest absolute Gasteiger partial charge is 0.372 e. The molecule has 1 aromatic heterocycles. The van der Waals surface area contributed by atoms with E-state index in [1.165, 1.54) is 0 Å². The Balaban J connectivity index is 2.70. The van der Waals surface area contributed by atoms with Gasteiger partial charge in [-0.2, -0.15) is 0 Å². The van der Waals surface area contributed by atoms with E-state index >= 15 is 0 Å². The summed E-state index contributed by atoms with van der Waals surface area (Å²) in [6.45, 7) is 3.09. The van der Waals surface area contributed by atoms with Crippen LogP contribution in [0.5, 0.6) is 0 Å². The number of furan rings is 1. The third-order valence-electron chi connectivity index (χ3n) is 2.55. The maximum Gasteiger partial charge on any atom is 0.372 e. The lowest BCUT2D eigenvalue weighted by molar-refractivity contribution is 0.0656. The van der Waals surface area contributed by atoms with Crippen LogP contribution in [0.2, 0.25) is 0 Å². The predicted molar refractivity (Wildman–Crippen MR) is 59.8 cm³/mol. The number of nitrogens with one attached hydrogen (secondary N) is 1. The zero-order valence-electron chi connectivity index (χ0n) is 9.86. The van der Waals surface area contributed by atoms with Gasteiger partial charge in [0.15, 0.2) is 0 Å². The molecule has 0 aliphatic heterocycles. The third-order valence-corrected chi connectivity index (χ3v) is 2.55. The quantitative estimate of drug-likeness (QED) is 0.566. The Morgan fingerprint density at radius 3 is 2.47 bits per heavy atom. The van der Waals surface area contributed by atoms with Crippen molar-refractivity contribution < 1.29 is 24.5 Å². The van der Waals surface area contributed by atoms with Gasteiger partial charge in [-0.25, -0.2) is 4.79 Å². The molecule has 0 bridgehead atoms. The predicted octanol–water partition coefficient (Wildman–Crippen LogP) is 0.119. The minimum absolute atomic E-state index is 0.0866. The molecule has 1 heterocycles. The molecule has 6 heteroatoms. The molecule has 6 nitrogen and oxygen atoms in total. The lowest BCUT2D eigenvalue weighted by atomic mass is 10.1. The fourth-order valence-electron chi connectivity index (χ4n) is 1.31. The molecule has 4 N–H and O–H groups in total. The van der Waals surface area contributed by atoms with E-state index in [1.54, 1.807) is 19.9 Å². The SMILES string of the molecule is Cc1cc(CNC(C)(CO)CO)oc1C(=O)O. The monoisotopic (exact) mass is 243 g/mol. The summed E-state index contributed by atoms with van der Waals surface area (Å²) >= 11 is 0. The topological polar surface area (TPSA) is 103 Å². The van der Waals surface area contributed by atoms with E-state index in [-0.39, 0.29) is 25.5 Å².